The zero-order valence-electron chi connectivity index (χ0n) is 11.6. The van der Waals surface area contributed by atoms with E-state index in [2.05, 4.69) is 11.8 Å². The predicted molar refractivity (Wildman–Crippen MR) is 73.2 cm³/mol. The SMILES string of the molecule is CC(CCN)CCC(=O)N1CCN(C2CC2)CC1. The van der Waals surface area contributed by atoms with Crippen molar-refractivity contribution in [2.75, 3.05) is 32.7 Å². The van der Waals surface area contributed by atoms with Crippen LogP contribution in [0, 0.1) is 5.92 Å². The molecule has 0 aromatic carbocycles. The van der Waals surface area contributed by atoms with Gasteiger partial charge in [0.2, 0.25) is 5.91 Å². The summed E-state index contributed by atoms with van der Waals surface area (Å²) in [6.07, 6.45) is 5.45. The average molecular weight is 253 g/mol. The molecule has 0 aromatic rings. The fourth-order valence-electron chi connectivity index (χ4n) is 2.73. The molecule has 0 spiro atoms. The van der Waals surface area contributed by atoms with Crippen LogP contribution in [0.4, 0.5) is 0 Å². The number of amides is 1. The smallest absolute Gasteiger partial charge is 0.222 e. The van der Waals surface area contributed by atoms with Crippen LogP contribution in [0.3, 0.4) is 0 Å². The molecule has 1 aliphatic heterocycles. The van der Waals surface area contributed by atoms with Crippen LogP contribution in [0.1, 0.15) is 39.0 Å². The van der Waals surface area contributed by atoms with Crippen LogP contribution in [0.15, 0.2) is 0 Å². The van der Waals surface area contributed by atoms with Gasteiger partial charge in [0.25, 0.3) is 0 Å². The van der Waals surface area contributed by atoms with E-state index in [1.807, 2.05) is 4.90 Å². The molecule has 0 aromatic heterocycles. The Kier molecular flexibility index (Phi) is 5.01. The molecule has 2 fully saturated rings. The number of hydrogen-bond acceptors (Lipinski definition) is 3. The number of nitrogens with zero attached hydrogens (tertiary/aromatic N) is 2. The Morgan fingerprint density at radius 3 is 2.44 bits per heavy atom. The summed E-state index contributed by atoms with van der Waals surface area (Å²) in [5.74, 6) is 0.918. The molecule has 1 saturated heterocycles. The summed E-state index contributed by atoms with van der Waals surface area (Å²) in [5, 5.41) is 0. The molecule has 2 aliphatic rings. The number of nitrogens with two attached hydrogens (primary N) is 1. The van der Waals surface area contributed by atoms with Gasteiger partial charge in [0.05, 0.1) is 0 Å². The molecular weight excluding hydrogens is 226 g/mol. The van der Waals surface area contributed by atoms with Gasteiger partial charge in [-0.25, -0.2) is 0 Å². The lowest BCUT2D eigenvalue weighted by molar-refractivity contribution is -0.133. The number of piperazine rings is 1. The average Bonchev–Trinajstić information content (AvgIpc) is 3.21. The molecule has 1 heterocycles. The maximum absolute atomic E-state index is 12.1. The van der Waals surface area contributed by atoms with Crippen LogP contribution >= 0.6 is 0 Å². The highest BCUT2D eigenvalue weighted by molar-refractivity contribution is 5.76. The Balaban J connectivity index is 1.63. The molecule has 0 radical (unpaired) electrons. The topological polar surface area (TPSA) is 49.6 Å². The molecule has 104 valence electrons. The highest BCUT2D eigenvalue weighted by Gasteiger charge is 2.32. The molecule has 1 aliphatic carbocycles. The van der Waals surface area contributed by atoms with Crippen molar-refractivity contribution in [3.05, 3.63) is 0 Å². The largest absolute Gasteiger partial charge is 0.340 e. The monoisotopic (exact) mass is 253 g/mol. The fourth-order valence-corrected chi connectivity index (χ4v) is 2.73. The highest BCUT2D eigenvalue weighted by atomic mass is 16.2. The van der Waals surface area contributed by atoms with Crippen LogP contribution in [-0.4, -0.2) is 54.5 Å². The van der Waals surface area contributed by atoms with E-state index in [-0.39, 0.29) is 0 Å². The van der Waals surface area contributed by atoms with E-state index in [1.54, 1.807) is 0 Å². The van der Waals surface area contributed by atoms with Crippen LogP contribution in [-0.2, 0) is 4.79 Å². The van der Waals surface area contributed by atoms with E-state index in [9.17, 15) is 4.79 Å². The molecule has 4 nitrogen and oxygen atoms in total. The minimum atomic E-state index is 0.342. The van der Waals surface area contributed by atoms with Gasteiger partial charge >= 0.3 is 0 Å². The Labute approximate surface area is 110 Å². The zero-order valence-corrected chi connectivity index (χ0v) is 11.6. The summed E-state index contributed by atoms with van der Waals surface area (Å²) in [6, 6.07) is 0.840. The third kappa shape index (κ3) is 3.95. The zero-order chi connectivity index (χ0) is 13.0. The van der Waals surface area contributed by atoms with E-state index in [0.717, 1.165) is 51.6 Å². The molecule has 1 atom stereocenters. The van der Waals surface area contributed by atoms with Gasteiger partial charge in [-0.3, -0.25) is 9.69 Å². The molecule has 1 unspecified atom stereocenters. The van der Waals surface area contributed by atoms with Crippen LogP contribution in [0.25, 0.3) is 0 Å². The summed E-state index contributed by atoms with van der Waals surface area (Å²) in [4.78, 5) is 16.7. The summed E-state index contributed by atoms with van der Waals surface area (Å²) in [5.41, 5.74) is 5.53. The van der Waals surface area contributed by atoms with Crippen molar-refractivity contribution < 1.29 is 4.79 Å². The Bertz CT molecular complexity index is 270. The molecule has 1 amide bonds. The van der Waals surface area contributed by atoms with Crippen molar-refractivity contribution in [1.82, 2.24) is 9.80 Å². The van der Waals surface area contributed by atoms with Gasteiger partial charge in [0, 0.05) is 38.6 Å². The Hall–Kier alpha value is -0.610. The van der Waals surface area contributed by atoms with Crippen LogP contribution < -0.4 is 5.73 Å². The first kappa shape index (κ1) is 13.8. The van der Waals surface area contributed by atoms with Gasteiger partial charge in [-0.15, -0.1) is 0 Å². The number of carbonyl (C=O) groups is 1. The van der Waals surface area contributed by atoms with Crippen LogP contribution in [0.2, 0.25) is 0 Å². The van der Waals surface area contributed by atoms with Gasteiger partial charge in [-0.2, -0.15) is 0 Å². The minimum absolute atomic E-state index is 0.342. The van der Waals surface area contributed by atoms with Crippen molar-refractivity contribution in [3.8, 4) is 0 Å². The van der Waals surface area contributed by atoms with Crippen molar-refractivity contribution in [3.63, 3.8) is 0 Å². The highest BCUT2D eigenvalue weighted by Crippen LogP contribution is 2.27. The van der Waals surface area contributed by atoms with Crippen molar-refractivity contribution in [2.24, 2.45) is 11.7 Å². The van der Waals surface area contributed by atoms with E-state index in [1.165, 1.54) is 12.8 Å². The quantitative estimate of drug-likeness (QED) is 0.770. The third-order valence-corrected chi connectivity index (χ3v) is 4.24. The molecular formula is C14H27N3O. The second-order valence-electron chi connectivity index (χ2n) is 5.87. The molecule has 0 bridgehead atoms. The van der Waals surface area contributed by atoms with Gasteiger partial charge in [0.1, 0.15) is 0 Å². The first-order chi connectivity index (χ1) is 8.70. The van der Waals surface area contributed by atoms with E-state index < -0.39 is 0 Å². The maximum atomic E-state index is 12.1. The second kappa shape index (κ2) is 6.53. The summed E-state index contributed by atoms with van der Waals surface area (Å²) in [6.45, 7) is 6.94. The normalized spacial score (nSPS) is 23.1. The molecule has 2 rings (SSSR count). The predicted octanol–water partition coefficient (Wildman–Crippen LogP) is 1.06. The lowest BCUT2D eigenvalue weighted by atomic mass is 10.0. The van der Waals surface area contributed by atoms with Crippen molar-refractivity contribution in [2.45, 2.75) is 45.1 Å². The fraction of sp³-hybridized carbons (Fsp3) is 0.929. The molecule has 1 saturated carbocycles. The molecule has 18 heavy (non-hydrogen) atoms. The maximum Gasteiger partial charge on any atom is 0.222 e. The van der Waals surface area contributed by atoms with Gasteiger partial charge in [-0.05, 0) is 38.1 Å². The van der Waals surface area contributed by atoms with Crippen molar-refractivity contribution >= 4 is 5.91 Å². The lowest BCUT2D eigenvalue weighted by Crippen LogP contribution is -2.49. The van der Waals surface area contributed by atoms with E-state index >= 15 is 0 Å². The number of hydrogen-bond donors (Lipinski definition) is 1. The summed E-state index contributed by atoms with van der Waals surface area (Å²) >= 11 is 0. The van der Waals surface area contributed by atoms with Gasteiger partial charge < -0.3 is 10.6 Å². The first-order valence-electron chi connectivity index (χ1n) is 7.42. The van der Waals surface area contributed by atoms with Gasteiger partial charge in [0.15, 0.2) is 0 Å². The molecule has 2 N–H and O–H groups in total. The second-order valence-corrected chi connectivity index (χ2v) is 5.87. The minimum Gasteiger partial charge on any atom is -0.340 e. The summed E-state index contributed by atoms with van der Waals surface area (Å²) < 4.78 is 0. The van der Waals surface area contributed by atoms with Gasteiger partial charge in [-0.1, -0.05) is 6.92 Å². The summed E-state index contributed by atoms with van der Waals surface area (Å²) in [7, 11) is 0. The van der Waals surface area contributed by atoms with E-state index in [4.69, 9.17) is 5.73 Å². The number of carbonyl (C=O) groups excluding carboxylic acids is 1. The standard InChI is InChI=1S/C14H27N3O/c1-12(6-7-15)2-5-14(18)17-10-8-16(9-11-17)13-3-4-13/h12-13H,2-11,15H2,1H3. The third-order valence-electron chi connectivity index (χ3n) is 4.24. The molecule has 4 heteroatoms. The van der Waals surface area contributed by atoms with Crippen LogP contribution in [0.5, 0.6) is 0 Å². The number of rotatable bonds is 6. The lowest BCUT2D eigenvalue weighted by Gasteiger charge is -2.35. The Morgan fingerprint density at radius 2 is 1.89 bits per heavy atom. The first-order valence-corrected chi connectivity index (χ1v) is 7.42. The Morgan fingerprint density at radius 1 is 1.22 bits per heavy atom. The van der Waals surface area contributed by atoms with Crippen molar-refractivity contribution in [1.29, 1.82) is 0 Å². The van der Waals surface area contributed by atoms with E-state index in [0.29, 0.717) is 18.2 Å².